The molecule has 0 aromatic carbocycles. The van der Waals surface area contributed by atoms with Crippen molar-refractivity contribution in [1.82, 2.24) is 10.3 Å². The Morgan fingerprint density at radius 2 is 2.25 bits per heavy atom. The monoisotopic (exact) mass is 220 g/mol. The summed E-state index contributed by atoms with van der Waals surface area (Å²) in [6.45, 7) is 10.6. The van der Waals surface area contributed by atoms with Crippen molar-refractivity contribution in [3.63, 3.8) is 0 Å². The van der Waals surface area contributed by atoms with Crippen LogP contribution in [-0.4, -0.2) is 18.1 Å². The third-order valence-corrected chi connectivity index (χ3v) is 2.69. The Bertz CT molecular complexity index is 374. The first-order valence-corrected chi connectivity index (χ1v) is 5.45. The molecule has 88 valence electrons. The molecule has 0 bridgehead atoms. The van der Waals surface area contributed by atoms with E-state index in [4.69, 9.17) is 4.74 Å². The smallest absolute Gasteiger partial charge is 0.128 e. The number of methoxy groups -OCH3 is 1. The molecule has 16 heavy (non-hydrogen) atoms. The molecule has 0 aliphatic carbocycles. The summed E-state index contributed by atoms with van der Waals surface area (Å²) in [4.78, 5) is 4.42. The Hall–Kier alpha value is -1.35. The molecule has 0 spiro atoms. The van der Waals surface area contributed by atoms with Crippen molar-refractivity contribution < 1.29 is 4.74 Å². The summed E-state index contributed by atoms with van der Waals surface area (Å²) in [5.41, 5.74) is 3.20. The second-order valence-electron chi connectivity index (χ2n) is 3.95. The predicted molar refractivity (Wildman–Crippen MR) is 66.8 cm³/mol. The van der Waals surface area contributed by atoms with Gasteiger partial charge in [0.15, 0.2) is 0 Å². The molecule has 3 nitrogen and oxygen atoms in total. The predicted octanol–water partition coefficient (Wildman–Crippen LogP) is 2.37. The standard InChI is InChI=1S/C13H20N2O/c1-6-10(3)14-8-12-11(4)13(16-5)9(2)7-15-12/h6-7,10,14H,1,8H2,2-5H3. The zero-order valence-electron chi connectivity index (χ0n) is 10.5. The fourth-order valence-electron chi connectivity index (χ4n) is 1.59. The zero-order chi connectivity index (χ0) is 12.1. The Morgan fingerprint density at radius 1 is 1.56 bits per heavy atom. The van der Waals surface area contributed by atoms with Crippen molar-refractivity contribution in [3.05, 3.63) is 35.7 Å². The number of hydrogen-bond acceptors (Lipinski definition) is 3. The van der Waals surface area contributed by atoms with Crippen LogP contribution in [0.3, 0.4) is 0 Å². The van der Waals surface area contributed by atoms with Crippen LogP contribution in [0.4, 0.5) is 0 Å². The summed E-state index contributed by atoms with van der Waals surface area (Å²) in [6.07, 6.45) is 3.72. The highest BCUT2D eigenvalue weighted by Gasteiger charge is 2.09. The van der Waals surface area contributed by atoms with Crippen LogP contribution >= 0.6 is 0 Å². The number of rotatable bonds is 5. The van der Waals surface area contributed by atoms with E-state index < -0.39 is 0 Å². The molecule has 1 unspecified atom stereocenters. The molecule has 0 fully saturated rings. The van der Waals surface area contributed by atoms with Gasteiger partial charge in [-0.05, 0) is 20.8 Å². The molecule has 3 heteroatoms. The molecule has 1 rings (SSSR count). The van der Waals surface area contributed by atoms with Gasteiger partial charge in [0.1, 0.15) is 5.75 Å². The molecule has 0 aliphatic heterocycles. The average Bonchev–Trinajstić information content (AvgIpc) is 2.28. The van der Waals surface area contributed by atoms with Crippen molar-refractivity contribution in [3.8, 4) is 5.75 Å². The van der Waals surface area contributed by atoms with Crippen LogP contribution in [0.5, 0.6) is 5.75 Å². The summed E-state index contributed by atoms with van der Waals surface area (Å²) in [7, 11) is 1.69. The first-order valence-electron chi connectivity index (χ1n) is 5.45. The fraction of sp³-hybridized carbons (Fsp3) is 0.462. The van der Waals surface area contributed by atoms with E-state index in [9.17, 15) is 0 Å². The van der Waals surface area contributed by atoms with Gasteiger partial charge >= 0.3 is 0 Å². The maximum Gasteiger partial charge on any atom is 0.128 e. The summed E-state index contributed by atoms with van der Waals surface area (Å²) in [5, 5.41) is 3.32. The summed E-state index contributed by atoms with van der Waals surface area (Å²) >= 11 is 0. The van der Waals surface area contributed by atoms with Crippen molar-refractivity contribution in [1.29, 1.82) is 0 Å². The SMILES string of the molecule is C=CC(C)NCc1ncc(C)c(OC)c1C. The lowest BCUT2D eigenvalue weighted by molar-refractivity contribution is 0.406. The van der Waals surface area contributed by atoms with Crippen LogP contribution in [0.1, 0.15) is 23.7 Å². The van der Waals surface area contributed by atoms with Gasteiger partial charge in [0.05, 0.1) is 12.8 Å². The van der Waals surface area contributed by atoms with E-state index in [0.717, 1.165) is 29.1 Å². The Balaban J connectivity index is 2.85. The van der Waals surface area contributed by atoms with Gasteiger partial charge in [-0.2, -0.15) is 0 Å². The molecular weight excluding hydrogens is 200 g/mol. The number of hydrogen-bond donors (Lipinski definition) is 1. The van der Waals surface area contributed by atoms with Gasteiger partial charge < -0.3 is 10.1 Å². The summed E-state index contributed by atoms with van der Waals surface area (Å²) in [5.74, 6) is 0.929. The number of aryl methyl sites for hydroxylation is 1. The molecule has 0 saturated heterocycles. The molecule has 1 N–H and O–H groups in total. The fourth-order valence-corrected chi connectivity index (χ4v) is 1.59. The number of nitrogens with zero attached hydrogens (tertiary/aromatic N) is 1. The van der Waals surface area contributed by atoms with Gasteiger partial charge in [0.2, 0.25) is 0 Å². The van der Waals surface area contributed by atoms with E-state index in [2.05, 4.69) is 23.8 Å². The summed E-state index contributed by atoms with van der Waals surface area (Å²) < 4.78 is 5.36. The highest BCUT2D eigenvalue weighted by molar-refractivity contribution is 5.40. The highest BCUT2D eigenvalue weighted by Crippen LogP contribution is 2.23. The van der Waals surface area contributed by atoms with Crippen LogP contribution in [0.15, 0.2) is 18.9 Å². The number of aromatic nitrogens is 1. The molecule has 1 aromatic rings. The van der Waals surface area contributed by atoms with Gasteiger partial charge in [-0.25, -0.2) is 0 Å². The van der Waals surface area contributed by atoms with Crippen molar-refractivity contribution >= 4 is 0 Å². The minimum Gasteiger partial charge on any atom is -0.496 e. The van der Waals surface area contributed by atoms with Gasteiger partial charge in [-0.3, -0.25) is 4.98 Å². The minimum absolute atomic E-state index is 0.286. The maximum absolute atomic E-state index is 5.36. The normalized spacial score (nSPS) is 12.2. The molecule has 0 amide bonds. The number of nitrogens with one attached hydrogen (secondary N) is 1. The van der Waals surface area contributed by atoms with Crippen LogP contribution in [-0.2, 0) is 6.54 Å². The van der Waals surface area contributed by atoms with Crippen molar-refractivity contribution in [2.24, 2.45) is 0 Å². The van der Waals surface area contributed by atoms with E-state index in [-0.39, 0.29) is 6.04 Å². The quantitative estimate of drug-likeness (QED) is 0.774. The van der Waals surface area contributed by atoms with E-state index in [1.807, 2.05) is 26.1 Å². The Labute approximate surface area is 97.5 Å². The maximum atomic E-state index is 5.36. The lowest BCUT2D eigenvalue weighted by atomic mass is 10.1. The van der Waals surface area contributed by atoms with E-state index >= 15 is 0 Å². The minimum atomic E-state index is 0.286. The van der Waals surface area contributed by atoms with Gasteiger partial charge in [0.25, 0.3) is 0 Å². The van der Waals surface area contributed by atoms with Crippen LogP contribution in [0.2, 0.25) is 0 Å². The molecule has 0 radical (unpaired) electrons. The lowest BCUT2D eigenvalue weighted by Crippen LogP contribution is -2.24. The number of ether oxygens (including phenoxy) is 1. The van der Waals surface area contributed by atoms with Gasteiger partial charge in [0, 0.05) is 29.9 Å². The Kier molecular flexibility index (Phi) is 4.50. The van der Waals surface area contributed by atoms with Gasteiger partial charge in [-0.15, -0.1) is 6.58 Å². The van der Waals surface area contributed by atoms with Crippen LogP contribution in [0.25, 0.3) is 0 Å². The zero-order valence-corrected chi connectivity index (χ0v) is 10.5. The lowest BCUT2D eigenvalue weighted by Gasteiger charge is -2.14. The molecule has 1 atom stereocenters. The second-order valence-corrected chi connectivity index (χ2v) is 3.95. The van der Waals surface area contributed by atoms with Crippen LogP contribution < -0.4 is 10.1 Å². The molecular formula is C13H20N2O. The third kappa shape index (κ3) is 2.83. The molecule has 1 heterocycles. The van der Waals surface area contributed by atoms with Crippen molar-refractivity contribution in [2.45, 2.75) is 33.4 Å². The average molecular weight is 220 g/mol. The number of pyridine rings is 1. The van der Waals surface area contributed by atoms with Crippen LogP contribution in [0, 0.1) is 13.8 Å². The Morgan fingerprint density at radius 3 is 2.81 bits per heavy atom. The molecule has 1 aromatic heterocycles. The molecule has 0 saturated carbocycles. The van der Waals surface area contributed by atoms with Gasteiger partial charge in [-0.1, -0.05) is 6.08 Å². The topological polar surface area (TPSA) is 34.2 Å². The largest absolute Gasteiger partial charge is 0.496 e. The summed E-state index contributed by atoms with van der Waals surface area (Å²) in [6, 6.07) is 0.286. The second kappa shape index (κ2) is 5.66. The van der Waals surface area contributed by atoms with E-state index in [1.165, 1.54) is 0 Å². The molecule has 0 aliphatic rings. The van der Waals surface area contributed by atoms with Crippen molar-refractivity contribution in [2.75, 3.05) is 7.11 Å². The third-order valence-electron chi connectivity index (χ3n) is 2.69. The van der Waals surface area contributed by atoms with E-state index in [0.29, 0.717) is 0 Å². The first-order chi connectivity index (χ1) is 7.60. The van der Waals surface area contributed by atoms with E-state index in [1.54, 1.807) is 7.11 Å². The first kappa shape index (κ1) is 12.7. The highest BCUT2D eigenvalue weighted by atomic mass is 16.5.